The number of non-ortho nitro benzene ring substituents is 2. The van der Waals surface area contributed by atoms with Gasteiger partial charge >= 0.3 is 7.80 Å². The highest BCUT2D eigenvalue weighted by Gasteiger charge is 2.41. The lowest BCUT2D eigenvalue weighted by atomic mass is 9.88. The molecule has 0 spiro atoms. The third-order valence-electron chi connectivity index (χ3n) is 3.63. The van der Waals surface area contributed by atoms with Crippen LogP contribution in [0.4, 0.5) is 11.4 Å². The molecule has 0 saturated heterocycles. The van der Waals surface area contributed by atoms with Crippen LogP contribution in [-0.2, 0) is 4.57 Å². The summed E-state index contributed by atoms with van der Waals surface area (Å²) in [6, 6.07) is 2.67. The summed E-state index contributed by atoms with van der Waals surface area (Å²) in [6.45, 7) is 8.68. The van der Waals surface area contributed by atoms with Crippen molar-refractivity contribution < 1.29 is 19.2 Å². The van der Waals surface area contributed by atoms with Crippen molar-refractivity contribution in [2.24, 2.45) is 5.41 Å². The van der Waals surface area contributed by atoms with Gasteiger partial charge in [0.05, 0.1) is 21.5 Å². The Kier molecular flexibility index (Phi) is 6.47. The molecule has 1 amide bonds. The minimum Gasteiger partial charge on any atom is -0.308 e. The summed E-state index contributed by atoms with van der Waals surface area (Å²) < 4.78 is 12.1. The molecular formula is C15H19N3O6P+. The van der Waals surface area contributed by atoms with Crippen LogP contribution in [0.1, 0.15) is 30.6 Å². The quantitative estimate of drug-likeness (QED) is 0.322. The summed E-state index contributed by atoms with van der Waals surface area (Å²) in [5.74, 6) is -1.49. The van der Waals surface area contributed by atoms with Crippen molar-refractivity contribution in [1.29, 1.82) is 0 Å². The molecule has 1 N–H and O–H groups in total. The SMILES string of the molecule is C=CCC(C)(C)[C@@H](NC(=O)c1cc([N+](=O)[O-])cc([N+](=O)[O-])c1)[P+](C)=O. The molecule has 10 heteroatoms. The Morgan fingerprint density at radius 1 is 1.28 bits per heavy atom. The van der Waals surface area contributed by atoms with Gasteiger partial charge in [-0.3, -0.25) is 25.0 Å². The minimum atomic E-state index is -1.82. The van der Waals surface area contributed by atoms with E-state index in [0.29, 0.717) is 6.42 Å². The first kappa shape index (κ1) is 20.4. The van der Waals surface area contributed by atoms with E-state index in [1.807, 2.05) is 0 Å². The number of benzene rings is 1. The summed E-state index contributed by atoms with van der Waals surface area (Å²) >= 11 is 0. The van der Waals surface area contributed by atoms with Gasteiger partial charge in [-0.25, -0.2) is 0 Å². The average Bonchev–Trinajstić information content (AvgIpc) is 2.51. The van der Waals surface area contributed by atoms with E-state index in [1.165, 1.54) is 6.66 Å². The lowest BCUT2D eigenvalue weighted by Crippen LogP contribution is -2.42. The predicted octanol–water partition coefficient (Wildman–Crippen LogP) is 3.62. The van der Waals surface area contributed by atoms with Crippen LogP contribution in [0, 0.1) is 25.6 Å². The first-order valence-electron chi connectivity index (χ1n) is 7.25. The summed E-state index contributed by atoms with van der Waals surface area (Å²) in [4.78, 5) is 32.7. The van der Waals surface area contributed by atoms with E-state index in [4.69, 9.17) is 0 Å². The molecular weight excluding hydrogens is 349 g/mol. The van der Waals surface area contributed by atoms with Gasteiger partial charge in [0.25, 0.3) is 17.3 Å². The molecule has 0 aliphatic rings. The molecule has 25 heavy (non-hydrogen) atoms. The van der Waals surface area contributed by atoms with Crippen molar-refractivity contribution >= 4 is 25.1 Å². The number of nitro benzene ring substituents is 2. The van der Waals surface area contributed by atoms with Gasteiger partial charge in [-0.1, -0.05) is 24.5 Å². The molecule has 134 valence electrons. The summed E-state index contributed by atoms with van der Waals surface area (Å²) in [6.07, 6.45) is 2.11. The molecule has 1 aromatic rings. The first-order chi connectivity index (χ1) is 11.5. The zero-order valence-electron chi connectivity index (χ0n) is 14.1. The number of rotatable bonds is 8. The van der Waals surface area contributed by atoms with E-state index >= 15 is 0 Å². The molecule has 1 unspecified atom stereocenters. The van der Waals surface area contributed by atoms with Crippen molar-refractivity contribution in [1.82, 2.24) is 5.32 Å². The molecule has 0 aromatic heterocycles. The Morgan fingerprint density at radius 2 is 1.76 bits per heavy atom. The fourth-order valence-corrected chi connectivity index (χ4v) is 3.80. The maximum absolute atomic E-state index is 12.4. The number of carbonyl (C=O) groups is 1. The van der Waals surface area contributed by atoms with Crippen LogP contribution in [0.25, 0.3) is 0 Å². The van der Waals surface area contributed by atoms with Crippen LogP contribution in [0.15, 0.2) is 30.9 Å². The van der Waals surface area contributed by atoms with Crippen molar-refractivity contribution in [2.45, 2.75) is 26.1 Å². The van der Waals surface area contributed by atoms with Gasteiger partial charge in [0.1, 0.15) is 6.66 Å². The van der Waals surface area contributed by atoms with Gasteiger partial charge in [0.2, 0.25) is 5.78 Å². The maximum Gasteiger partial charge on any atom is 0.360 e. The smallest absolute Gasteiger partial charge is 0.308 e. The largest absolute Gasteiger partial charge is 0.360 e. The molecule has 9 nitrogen and oxygen atoms in total. The fraction of sp³-hybridized carbons (Fsp3) is 0.400. The van der Waals surface area contributed by atoms with Gasteiger partial charge in [0.15, 0.2) is 0 Å². The molecule has 0 bridgehead atoms. The normalized spacial score (nSPS) is 12.8. The highest BCUT2D eigenvalue weighted by atomic mass is 31.1. The van der Waals surface area contributed by atoms with Crippen molar-refractivity contribution in [3.05, 3.63) is 56.6 Å². The third-order valence-corrected chi connectivity index (χ3v) is 5.18. The molecule has 0 fully saturated rings. The lowest BCUT2D eigenvalue weighted by Gasteiger charge is -2.26. The molecule has 1 aromatic carbocycles. The highest BCUT2D eigenvalue weighted by molar-refractivity contribution is 7.44. The Hall–Kier alpha value is -2.67. The Morgan fingerprint density at radius 3 is 2.12 bits per heavy atom. The standard InChI is InChI=1S/C15H18N3O6P/c1-5-6-15(2,3)14(25(4)24)16-13(19)10-7-11(17(20)21)9-12(8-10)18(22)23/h5,7-9,14H,1,6H2,2-4H3/p+1/t14-/m0/s1. The van der Waals surface area contributed by atoms with Crippen molar-refractivity contribution in [3.63, 3.8) is 0 Å². The van der Waals surface area contributed by atoms with Gasteiger partial charge in [-0.2, -0.15) is 0 Å². The zero-order valence-corrected chi connectivity index (χ0v) is 15.0. The van der Waals surface area contributed by atoms with Crippen LogP contribution in [0.2, 0.25) is 0 Å². The van der Waals surface area contributed by atoms with E-state index in [9.17, 15) is 29.6 Å². The summed E-state index contributed by atoms with van der Waals surface area (Å²) in [5.41, 5.74) is -1.95. The second kappa shape index (κ2) is 7.94. The van der Waals surface area contributed by atoms with Gasteiger partial charge in [-0.15, -0.1) is 6.58 Å². The molecule has 0 heterocycles. The van der Waals surface area contributed by atoms with Crippen LogP contribution in [0.3, 0.4) is 0 Å². The fourth-order valence-electron chi connectivity index (χ4n) is 2.41. The second-order valence-corrected chi connectivity index (χ2v) is 7.76. The summed E-state index contributed by atoms with van der Waals surface area (Å²) in [7, 11) is -1.82. The third kappa shape index (κ3) is 5.15. The predicted molar refractivity (Wildman–Crippen MR) is 93.1 cm³/mol. The molecule has 0 aliphatic carbocycles. The molecule has 0 aliphatic heterocycles. The average molecular weight is 368 g/mol. The number of allylic oxidation sites excluding steroid dienone is 1. The van der Waals surface area contributed by atoms with E-state index in [0.717, 1.165) is 18.2 Å². The monoisotopic (exact) mass is 368 g/mol. The topological polar surface area (TPSA) is 132 Å². The number of nitrogens with one attached hydrogen (secondary N) is 1. The van der Waals surface area contributed by atoms with Crippen LogP contribution in [0.5, 0.6) is 0 Å². The Labute approximate surface area is 145 Å². The lowest BCUT2D eigenvalue weighted by molar-refractivity contribution is -0.394. The molecule has 0 saturated carbocycles. The van der Waals surface area contributed by atoms with Crippen molar-refractivity contribution in [3.8, 4) is 0 Å². The molecule has 0 radical (unpaired) electrons. The van der Waals surface area contributed by atoms with E-state index in [1.54, 1.807) is 19.9 Å². The molecule has 2 atom stereocenters. The van der Waals surface area contributed by atoms with E-state index in [2.05, 4.69) is 11.9 Å². The maximum atomic E-state index is 12.4. The van der Waals surface area contributed by atoms with E-state index < -0.39 is 46.1 Å². The minimum absolute atomic E-state index is 0.239. The number of nitro groups is 2. The van der Waals surface area contributed by atoms with Crippen LogP contribution >= 0.6 is 7.80 Å². The summed E-state index contributed by atoms with van der Waals surface area (Å²) in [5, 5.41) is 24.4. The van der Waals surface area contributed by atoms with Gasteiger partial charge < -0.3 is 5.32 Å². The number of carbonyl (C=O) groups excluding carboxylic acids is 1. The zero-order chi connectivity index (χ0) is 19.4. The van der Waals surface area contributed by atoms with Gasteiger partial charge in [-0.05, 0) is 6.42 Å². The Balaban J connectivity index is 3.25. The van der Waals surface area contributed by atoms with Gasteiger partial charge in [0, 0.05) is 17.5 Å². The number of hydrogen-bond acceptors (Lipinski definition) is 6. The molecule has 1 rings (SSSR count). The number of amides is 1. The van der Waals surface area contributed by atoms with E-state index in [-0.39, 0.29) is 5.56 Å². The van der Waals surface area contributed by atoms with Crippen LogP contribution < -0.4 is 5.32 Å². The second-order valence-electron chi connectivity index (χ2n) is 6.16. The van der Waals surface area contributed by atoms with Crippen LogP contribution in [-0.4, -0.2) is 28.2 Å². The first-order valence-corrected chi connectivity index (χ1v) is 9.03. The Bertz CT molecular complexity index is 715. The number of nitrogens with zero attached hydrogens (tertiary/aromatic N) is 2. The van der Waals surface area contributed by atoms with Crippen molar-refractivity contribution in [2.75, 3.05) is 6.66 Å². The number of hydrogen-bond donors (Lipinski definition) is 1. The highest BCUT2D eigenvalue weighted by Crippen LogP contribution is 2.39.